The molecule has 0 spiro atoms. The van der Waals surface area contributed by atoms with Gasteiger partial charge in [0.15, 0.2) is 0 Å². The highest BCUT2D eigenvalue weighted by Gasteiger charge is 2.01. The lowest BCUT2D eigenvalue weighted by Crippen LogP contribution is -2.17. The summed E-state index contributed by atoms with van der Waals surface area (Å²) in [7, 11) is 0. The minimum atomic E-state index is -0.425. The van der Waals surface area contributed by atoms with Crippen LogP contribution in [0.4, 0.5) is 5.95 Å². The molecule has 5 heteroatoms. The molecule has 0 aliphatic carbocycles. The third-order valence-corrected chi connectivity index (χ3v) is 1.68. The van der Waals surface area contributed by atoms with E-state index in [4.69, 9.17) is 5.73 Å². The zero-order valence-electron chi connectivity index (χ0n) is 7.87. The van der Waals surface area contributed by atoms with Gasteiger partial charge in [0, 0.05) is 6.42 Å². The van der Waals surface area contributed by atoms with Gasteiger partial charge < -0.3 is 5.73 Å². The summed E-state index contributed by atoms with van der Waals surface area (Å²) in [5.74, 6) is 1.24. The van der Waals surface area contributed by atoms with Crippen LogP contribution in [0, 0.1) is 5.92 Å². The molecule has 0 radical (unpaired) electrons. The van der Waals surface area contributed by atoms with Crippen molar-refractivity contribution in [1.82, 2.24) is 15.0 Å². The maximum Gasteiger partial charge on any atom is 0.349 e. The molecule has 1 rings (SSSR count). The molecule has 3 N–H and O–H groups in total. The molecule has 0 saturated carbocycles. The third kappa shape index (κ3) is 3.23. The molecule has 0 saturated heterocycles. The number of H-pyrrole nitrogens is 1. The van der Waals surface area contributed by atoms with Crippen molar-refractivity contribution < 1.29 is 0 Å². The van der Waals surface area contributed by atoms with Gasteiger partial charge in [-0.1, -0.05) is 13.8 Å². The summed E-state index contributed by atoms with van der Waals surface area (Å²) < 4.78 is 0. The minimum absolute atomic E-state index is 0.0440. The largest absolute Gasteiger partial charge is 0.368 e. The molecule has 0 aliphatic rings. The Kier molecular flexibility index (Phi) is 3.00. The number of nitrogens with one attached hydrogen (secondary N) is 1. The van der Waals surface area contributed by atoms with E-state index in [1.54, 1.807) is 0 Å². The Morgan fingerprint density at radius 2 is 2.15 bits per heavy atom. The van der Waals surface area contributed by atoms with Crippen LogP contribution >= 0.6 is 0 Å². The van der Waals surface area contributed by atoms with Gasteiger partial charge in [-0.05, 0) is 12.3 Å². The average Bonchev–Trinajstić information content (AvgIpc) is 1.99. The number of aromatic nitrogens is 3. The molecule has 0 aliphatic heterocycles. The first-order chi connectivity index (χ1) is 6.08. The molecule has 1 aromatic rings. The number of hydrogen-bond donors (Lipinski definition) is 2. The minimum Gasteiger partial charge on any atom is -0.368 e. The highest BCUT2D eigenvalue weighted by molar-refractivity contribution is 5.12. The van der Waals surface area contributed by atoms with Crippen molar-refractivity contribution in [3.63, 3.8) is 0 Å². The Balaban J connectivity index is 2.72. The zero-order valence-corrected chi connectivity index (χ0v) is 7.87. The number of aromatic amines is 1. The molecule has 0 bridgehead atoms. The number of anilines is 1. The van der Waals surface area contributed by atoms with E-state index in [0.29, 0.717) is 11.7 Å². The fraction of sp³-hybridized carbons (Fsp3) is 0.625. The van der Waals surface area contributed by atoms with Crippen LogP contribution in [0.5, 0.6) is 0 Å². The van der Waals surface area contributed by atoms with Crippen LogP contribution in [0.1, 0.15) is 26.1 Å². The second kappa shape index (κ2) is 4.02. The molecule has 1 heterocycles. The summed E-state index contributed by atoms with van der Waals surface area (Å²) in [6.07, 6.45) is 1.71. The Morgan fingerprint density at radius 1 is 1.46 bits per heavy atom. The smallest absolute Gasteiger partial charge is 0.349 e. The fourth-order valence-corrected chi connectivity index (χ4v) is 0.990. The van der Waals surface area contributed by atoms with Crippen molar-refractivity contribution in [2.75, 3.05) is 5.73 Å². The van der Waals surface area contributed by atoms with Gasteiger partial charge in [-0.25, -0.2) is 4.79 Å². The first-order valence-electron chi connectivity index (χ1n) is 4.30. The maximum absolute atomic E-state index is 10.9. The van der Waals surface area contributed by atoms with Gasteiger partial charge in [0.1, 0.15) is 5.82 Å². The van der Waals surface area contributed by atoms with E-state index >= 15 is 0 Å². The SMILES string of the molecule is CC(C)CCc1nc(N)nc(=O)[nH]1. The van der Waals surface area contributed by atoms with Crippen molar-refractivity contribution in [2.45, 2.75) is 26.7 Å². The molecule has 13 heavy (non-hydrogen) atoms. The van der Waals surface area contributed by atoms with Gasteiger partial charge in [-0.3, -0.25) is 4.98 Å². The Hall–Kier alpha value is -1.39. The number of nitrogens with zero attached hydrogens (tertiary/aromatic N) is 2. The van der Waals surface area contributed by atoms with E-state index in [0.717, 1.165) is 12.8 Å². The van der Waals surface area contributed by atoms with E-state index in [1.807, 2.05) is 0 Å². The predicted molar refractivity (Wildman–Crippen MR) is 50.2 cm³/mol. The number of nitrogen functional groups attached to an aromatic ring is 1. The molecule has 0 unspecified atom stereocenters. The number of nitrogens with two attached hydrogens (primary N) is 1. The van der Waals surface area contributed by atoms with Gasteiger partial charge in [-0.15, -0.1) is 0 Å². The van der Waals surface area contributed by atoms with Gasteiger partial charge in [-0.2, -0.15) is 9.97 Å². The Labute approximate surface area is 76.4 Å². The third-order valence-electron chi connectivity index (χ3n) is 1.68. The molecule has 0 atom stereocenters. The molecule has 0 amide bonds. The van der Waals surface area contributed by atoms with Crippen molar-refractivity contribution in [1.29, 1.82) is 0 Å². The van der Waals surface area contributed by atoms with E-state index in [-0.39, 0.29) is 5.95 Å². The summed E-state index contributed by atoms with van der Waals surface area (Å²) in [5, 5.41) is 0. The van der Waals surface area contributed by atoms with E-state index in [1.165, 1.54) is 0 Å². The fourth-order valence-electron chi connectivity index (χ4n) is 0.990. The second-order valence-electron chi connectivity index (χ2n) is 3.39. The quantitative estimate of drug-likeness (QED) is 0.705. The summed E-state index contributed by atoms with van der Waals surface area (Å²) in [6.45, 7) is 4.23. The van der Waals surface area contributed by atoms with Gasteiger partial charge >= 0.3 is 5.69 Å². The maximum atomic E-state index is 10.9. The van der Waals surface area contributed by atoms with Gasteiger partial charge in [0.25, 0.3) is 0 Å². The number of hydrogen-bond acceptors (Lipinski definition) is 4. The van der Waals surface area contributed by atoms with Gasteiger partial charge in [0.05, 0.1) is 0 Å². The van der Waals surface area contributed by atoms with Crippen molar-refractivity contribution in [3.8, 4) is 0 Å². The molecule has 72 valence electrons. The van der Waals surface area contributed by atoms with Crippen LogP contribution in [0.3, 0.4) is 0 Å². The number of rotatable bonds is 3. The summed E-state index contributed by atoms with van der Waals surface area (Å²) in [4.78, 5) is 20.7. The van der Waals surface area contributed by atoms with Gasteiger partial charge in [0.2, 0.25) is 5.95 Å². The first kappa shape index (κ1) is 9.70. The lowest BCUT2D eigenvalue weighted by atomic mass is 10.1. The standard InChI is InChI=1S/C8H14N4O/c1-5(2)3-4-6-10-7(9)12-8(13)11-6/h5H,3-4H2,1-2H3,(H3,9,10,11,12,13). The topological polar surface area (TPSA) is 84.7 Å². The predicted octanol–water partition coefficient (Wildman–Crippen LogP) is 0.336. The first-order valence-corrected chi connectivity index (χ1v) is 4.30. The zero-order chi connectivity index (χ0) is 9.84. The van der Waals surface area contributed by atoms with Crippen molar-refractivity contribution in [3.05, 3.63) is 16.3 Å². The lowest BCUT2D eigenvalue weighted by Gasteiger charge is -2.03. The van der Waals surface area contributed by atoms with Crippen LogP contribution in [-0.4, -0.2) is 15.0 Å². The summed E-state index contributed by atoms with van der Waals surface area (Å²) >= 11 is 0. The monoisotopic (exact) mass is 182 g/mol. The number of aryl methyl sites for hydroxylation is 1. The highest BCUT2D eigenvalue weighted by Crippen LogP contribution is 2.03. The van der Waals surface area contributed by atoms with Crippen LogP contribution < -0.4 is 11.4 Å². The van der Waals surface area contributed by atoms with E-state index in [9.17, 15) is 4.79 Å². The van der Waals surface area contributed by atoms with E-state index in [2.05, 4.69) is 28.8 Å². The lowest BCUT2D eigenvalue weighted by molar-refractivity contribution is 0.572. The Morgan fingerprint density at radius 3 is 2.69 bits per heavy atom. The molecule has 0 fully saturated rings. The molecule has 1 aromatic heterocycles. The molecular formula is C8H14N4O. The normalized spacial score (nSPS) is 10.7. The molecular weight excluding hydrogens is 168 g/mol. The highest BCUT2D eigenvalue weighted by atomic mass is 16.1. The summed E-state index contributed by atoms with van der Waals surface area (Å²) in [5.41, 5.74) is 4.90. The molecule has 5 nitrogen and oxygen atoms in total. The van der Waals surface area contributed by atoms with Crippen LogP contribution in [0.15, 0.2) is 4.79 Å². The summed E-state index contributed by atoms with van der Waals surface area (Å²) in [6, 6.07) is 0. The average molecular weight is 182 g/mol. The van der Waals surface area contributed by atoms with E-state index < -0.39 is 5.69 Å². The second-order valence-corrected chi connectivity index (χ2v) is 3.39. The van der Waals surface area contributed by atoms with Crippen LogP contribution in [0.2, 0.25) is 0 Å². The molecule has 0 aromatic carbocycles. The Bertz CT molecular complexity index is 331. The van der Waals surface area contributed by atoms with Crippen molar-refractivity contribution in [2.24, 2.45) is 5.92 Å². The van der Waals surface area contributed by atoms with Crippen LogP contribution in [0.25, 0.3) is 0 Å². The van der Waals surface area contributed by atoms with Crippen molar-refractivity contribution >= 4 is 5.95 Å². The van der Waals surface area contributed by atoms with Crippen LogP contribution in [-0.2, 0) is 6.42 Å².